The number of aromatic nitrogens is 3. The van der Waals surface area contributed by atoms with Crippen LogP contribution in [0.15, 0.2) is 23.8 Å². The zero-order valence-corrected chi connectivity index (χ0v) is 23.5. The minimum atomic E-state index is -0.0802. The molecular weight excluding hydrogens is 516 g/mol. The zero-order valence-electron chi connectivity index (χ0n) is 22.7. The van der Waals surface area contributed by atoms with Crippen LogP contribution in [0.2, 0.25) is 0 Å². The van der Waals surface area contributed by atoms with Crippen molar-refractivity contribution in [2.24, 2.45) is 0 Å². The van der Waals surface area contributed by atoms with Crippen LogP contribution in [0.4, 0.5) is 4.79 Å². The number of hydrogen-bond acceptors (Lipinski definition) is 7. The van der Waals surface area contributed by atoms with E-state index in [0.717, 1.165) is 54.2 Å². The molecule has 11 heteroatoms. The predicted molar refractivity (Wildman–Crippen MR) is 148 cm³/mol. The Morgan fingerprint density at radius 1 is 0.949 bits per heavy atom. The van der Waals surface area contributed by atoms with E-state index in [0.29, 0.717) is 55.6 Å². The number of amides is 3. The van der Waals surface area contributed by atoms with Gasteiger partial charge in [-0.15, -0.1) is 11.3 Å². The highest BCUT2D eigenvalue weighted by molar-refractivity contribution is 7.13. The van der Waals surface area contributed by atoms with Crippen molar-refractivity contribution in [1.29, 1.82) is 0 Å². The second-order valence-corrected chi connectivity index (χ2v) is 11.4. The number of urea groups is 1. The predicted octanol–water partition coefficient (Wildman–Crippen LogP) is 3.86. The second kappa shape index (κ2) is 10.5. The van der Waals surface area contributed by atoms with Gasteiger partial charge in [0.1, 0.15) is 0 Å². The molecule has 39 heavy (non-hydrogen) atoms. The molecule has 2 saturated heterocycles. The van der Waals surface area contributed by atoms with Gasteiger partial charge in [-0.1, -0.05) is 0 Å². The molecule has 0 radical (unpaired) electrons. The van der Waals surface area contributed by atoms with Gasteiger partial charge in [0.25, 0.3) is 5.91 Å². The van der Waals surface area contributed by atoms with Crippen molar-refractivity contribution in [1.82, 2.24) is 29.2 Å². The molecule has 0 aliphatic carbocycles. The van der Waals surface area contributed by atoms with Crippen molar-refractivity contribution in [3.05, 3.63) is 40.8 Å². The van der Waals surface area contributed by atoms with Crippen molar-refractivity contribution in [3.63, 3.8) is 0 Å². The summed E-state index contributed by atoms with van der Waals surface area (Å²) in [5.41, 5.74) is 5.22. The molecular formula is C28H34N6O4S. The first-order valence-corrected chi connectivity index (χ1v) is 14.5. The van der Waals surface area contributed by atoms with Crippen LogP contribution in [-0.2, 0) is 12.8 Å². The Morgan fingerprint density at radius 2 is 1.67 bits per heavy atom. The number of rotatable bonds is 5. The van der Waals surface area contributed by atoms with Crippen LogP contribution < -0.4 is 9.47 Å². The normalized spacial score (nSPS) is 16.9. The Labute approximate surface area is 232 Å². The average molecular weight is 551 g/mol. The fourth-order valence-corrected chi connectivity index (χ4v) is 6.13. The summed E-state index contributed by atoms with van der Waals surface area (Å²) < 4.78 is 13.8. The Balaban J connectivity index is 1.36. The highest BCUT2D eigenvalue weighted by Gasteiger charge is 2.33. The van der Waals surface area contributed by atoms with Crippen LogP contribution >= 0.6 is 11.3 Å². The summed E-state index contributed by atoms with van der Waals surface area (Å²) in [6.07, 6.45) is 5.04. The number of imidazole rings is 1. The third kappa shape index (κ3) is 4.73. The fraction of sp³-hybridized carbons (Fsp3) is 0.500. The quantitative estimate of drug-likeness (QED) is 0.479. The van der Waals surface area contributed by atoms with Gasteiger partial charge >= 0.3 is 6.03 Å². The van der Waals surface area contributed by atoms with E-state index in [9.17, 15) is 9.59 Å². The Kier molecular flexibility index (Phi) is 6.92. The molecule has 0 atom stereocenters. The van der Waals surface area contributed by atoms with Gasteiger partial charge in [-0.3, -0.25) is 14.3 Å². The number of thiazole rings is 1. The maximum absolute atomic E-state index is 14.0. The van der Waals surface area contributed by atoms with E-state index in [4.69, 9.17) is 14.5 Å². The first-order chi connectivity index (χ1) is 18.9. The van der Waals surface area contributed by atoms with E-state index in [1.807, 2.05) is 40.7 Å². The van der Waals surface area contributed by atoms with Crippen LogP contribution in [0, 0.1) is 0 Å². The lowest BCUT2D eigenvalue weighted by Crippen LogP contribution is -2.50. The highest BCUT2D eigenvalue weighted by atomic mass is 32.1. The number of aryl methyl sites for hydroxylation is 1. The SMILES string of the molecule is COc1cc2c(cc1OC(C)C)-n1c(-c3cncs3)nc(C(=O)N3CCCN(C(=O)N4CCC4)CC3)c1CC2. The number of benzene rings is 1. The van der Waals surface area contributed by atoms with Gasteiger partial charge in [-0.2, -0.15) is 0 Å². The topological polar surface area (TPSA) is 93.0 Å². The minimum Gasteiger partial charge on any atom is -0.493 e. The lowest BCUT2D eigenvalue weighted by Gasteiger charge is -2.35. The molecule has 206 valence electrons. The number of carbonyl (C=O) groups excluding carboxylic acids is 2. The Morgan fingerprint density at radius 3 is 2.36 bits per heavy atom. The molecule has 2 fully saturated rings. The van der Waals surface area contributed by atoms with Gasteiger partial charge in [-0.05, 0) is 51.2 Å². The van der Waals surface area contributed by atoms with Crippen molar-refractivity contribution in [2.75, 3.05) is 46.4 Å². The lowest BCUT2D eigenvalue weighted by atomic mass is 9.99. The van der Waals surface area contributed by atoms with Gasteiger partial charge in [0.2, 0.25) is 0 Å². The van der Waals surface area contributed by atoms with Crippen molar-refractivity contribution in [2.45, 2.75) is 45.6 Å². The number of carbonyl (C=O) groups is 2. The fourth-order valence-electron chi connectivity index (χ4n) is 5.53. The van der Waals surface area contributed by atoms with E-state index >= 15 is 0 Å². The molecule has 6 rings (SSSR count). The summed E-state index contributed by atoms with van der Waals surface area (Å²) >= 11 is 1.50. The van der Waals surface area contributed by atoms with Gasteiger partial charge < -0.3 is 24.2 Å². The monoisotopic (exact) mass is 550 g/mol. The molecule has 0 spiro atoms. The van der Waals surface area contributed by atoms with Crippen LogP contribution in [0.3, 0.4) is 0 Å². The van der Waals surface area contributed by atoms with Crippen molar-refractivity contribution in [3.8, 4) is 27.9 Å². The molecule has 3 aliphatic rings. The highest BCUT2D eigenvalue weighted by Crippen LogP contribution is 2.40. The van der Waals surface area contributed by atoms with Gasteiger partial charge in [-0.25, -0.2) is 9.78 Å². The van der Waals surface area contributed by atoms with E-state index < -0.39 is 0 Å². The van der Waals surface area contributed by atoms with Crippen molar-refractivity contribution >= 4 is 23.3 Å². The van der Waals surface area contributed by atoms with Crippen LogP contribution in [-0.4, -0.2) is 93.7 Å². The maximum atomic E-state index is 14.0. The van der Waals surface area contributed by atoms with E-state index in [-0.39, 0.29) is 18.0 Å². The molecule has 3 amide bonds. The number of hydrogen-bond donors (Lipinski definition) is 0. The van der Waals surface area contributed by atoms with Gasteiger partial charge in [0.15, 0.2) is 23.0 Å². The summed E-state index contributed by atoms with van der Waals surface area (Å²) in [5, 5.41) is 0. The van der Waals surface area contributed by atoms with Gasteiger partial charge in [0.05, 0.1) is 35.0 Å². The van der Waals surface area contributed by atoms with Crippen LogP contribution in [0.5, 0.6) is 11.5 Å². The van der Waals surface area contributed by atoms with Gasteiger partial charge in [0, 0.05) is 51.5 Å². The molecule has 10 nitrogen and oxygen atoms in total. The molecule has 0 saturated carbocycles. The molecule has 5 heterocycles. The number of ether oxygens (including phenoxy) is 2. The maximum Gasteiger partial charge on any atom is 0.320 e. The molecule has 1 aromatic carbocycles. The third-order valence-electron chi connectivity index (χ3n) is 7.61. The summed E-state index contributed by atoms with van der Waals surface area (Å²) in [6, 6.07) is 4.13. The largest absolute Gasteiger partial charge is 0.493 e. The zero-order chi connectivity index (χ0) is 27.1. The summed E-state index contributed by atoms with van der Waals surface area (Å²) in [4.78, 5) is 42.5. The molecule has 0 unspecified atom stereocenters. The number of fused-ring (bicyclic) bond motifs is 3. The second-order valence-electron chi connectivity index (χ2n) is 10.5. The molecule has 2 aromatic heterocycles. The van der Waals surface area contributed by atoms with E-state index in [1.165, 1.54) is 11.3 Å². The van der Waals surface area contributed by atoms with Crippen LogP contribution in [0.1, 0.15) is 48.4 Å². The molecule has 0 bridgehead atoms. The smallest absolute Gasteiger partial charge is 0.320 e. The van der Waals surface area contributed by atoms with Crippen molar-refractivity contribution < 1.29 is 19.1 Å². The number of likely N-dealkylation sites (tertiary alicyclic amines) is 1. The standard InChI is InChI=1S/C28H34N6O4S/c1-18(2)38-23-15-21-19(14-22(23)37-3)6-7-20-25(30-26(34(20)21)24-16-29-17-39-24)27(35)31-8-4-11-33(13-12-31)28(36)32-9-5-10-32/h14-18H,4-13H2,1-3H3. The average Bonchev–Trinajstić information content (AvgIpc) is 3.48. The third-order valence-corrected chi connectivity index (χ3v) is 8.38. The van der Waals surface area contributed by atoms with E-state index in [1.54, 1.807) is 18.8 Å². The minimum absolute atomic E-state index is 0.0171. The summed E-state index contributed by atoms with van der Waals surface area (Å²) in [6.45, 7) is 7.94. The lowest BCUT2D eigenvalue weighted by molar-refractivity contribution is 0.0752. The summed E-state index contributed by atoms with van der Waals surface area (Å²) in [5.74, 6) is 1.99. The Hall–Kier alpha value is -3.60. The first-order valence-electron chi connectivity index (χ1n) is 13.7. The summed E-state index contributed by atoms with van der Waals surface area (Å²) in [7, 11) is 1.65. The number of nitrogens with zero attached hydrogens (tertiary/aromatic N) is 6. The molecule has 0 N–H and O–H groups in total. The van der Waals surface area contributed by atoms with E-state index in [2.05, 4.69) is 9.55 Å². The molecule has 3 aliphatic heterocycles. The van der Waals surface area contributed by atoms with Crippen LogP contribution in [0.25, 0.3) is 16.4 Å². The number of methoxy groups -OCH3 is 1. The first kappa shape index (κ1) is 25.7. The Bertz CT molecular complexity index is 1380. The molecule has 3 aromatic rings.